The number of likely N-dealkylation sites (N-methyl/N-ethyl adjacent to an activating group) is 1. The van der Waals surface area contributed by atoms with E-state index in [4.69, 9.17) is 39.2 Å². The summed E-state index contributed by atoms with van der Waals surface area (Å²) in [6, 6.07) is 25.0. The first kappa shape index (κ1) is 68.3. The number of benzene rings is 3. The molecule has 6 aliphatic rings. The first-order valence-electron chi connectivity index (χ1n) is 29.9. The van der Waals surface area contributed by atoms with E-state index in [0.717, 1.165) is 110 Å². The predicted octanol–water partition coefficient (Wildman–Crippen LogP) is 6.10. The molecule has 3 aromatic carbocycles. The summed E-state index contributed by atoms with van der Waals surface area (Å²) in [7, 11) is -9.59. The van der Waals surface area contributed by atoms with Crippen LogP contribution in [0.25, 0.3) is 49.8 Å². The normalized spacial score (nSPS) is 15.7. The molecule has 6 aliphatic heterocycles. The van der Waals surface area contributed by atoms with Crippen molar-refractivity contribution in [3.63, 3.8) is 0 Å². The highest BCUT2D eigenvalue weighted by molar-refractivity contribution is 7.90. The van der Waals surface area contributed by atoms with Crippen molar-refractivity contribution < 1.29 is 74.0 Å². The van der Waals surface area contributed by atoms with Crippen molar-refractivity contribution in [1.82, 2.24) is 42.8 Å². The highest BCUT2D eigenvalue weighted by Gasteiger charge is 2.30. The Bertz CT molecular complexity index is 4890. The first-order valence-corrected chi connectivity index (χ1v) is 34.3. The van der Waals surface area contributed by atoms with E-state index in [9.17, 15) is 34.8 Å². The summed E-state index contributed by atoms with van der Waals surface area (Å²) in [5, 5.41) is 35.9. The Morgan fingerprint density at radius 2 is 0.917 bits per heavy atom. The second-order valence-electron chi connectivity index (χ2n) is 21.8. The average Bonchev–Trinajstić information content (AvgIpc) is 1.58. The number of fused-ring (bicyclic) bond motifs is 6. The van der Waals surface area contributed by atoms with Crippen LogP contribution in [0.15, 0.2) is 161 Å². The molecule has 0 saturated carbocycles. The molecule has 0 spiro atoms. The maximum absolute atomic E-state index is 13.6. The number of hydrogen-bond donors (Lipinski definition) is 8. The molecular weight excluding hydrogens is 1300 g/mol. The van der Waals surface area contributed by atoms with Crippen LogP contribution in [-0.2, 0) is 60.5 Å². The molecule has 0 radical (unpaired) electrons. The standard InChI is InChI=1S/C21H22N4O3S.C21H20N4O3S.C20H18N4O4S.3CH2O2/c1-24-11-12-28-20-5-4-16(13-19(20)24)29(26,27)25-14-17(15-6-9-22-10-7-15)21-18(25)3-2-8-23-21;26-20-6-4-15-3-5-16(12-18(15)24-20)29(27,28)25-13-17(14-7-10-22-11-8-14)21-19(25)2-1-9-23-21;25-19-12-28-18-10-14(3-4-16(18)23-19)29(26,27)24-11-15(13-5-8-21-9-6-13)20-17(24)2-1-7-22-20;3*2-1-3/h2-6,8,13-14,22H,7,9-12H2,1H3;1-3,5,7,9,12-13,22H,4,6,8,10-11H2,(H,24,26);1-5,7,10-11,21H,6,8-9,12H2,(H,23,25);3*1H,(H,2,3). The highest BCUT2D eigenvalue weighted by atomic mass is 32.2. The van der Waals surface area contributed by atoms with Gasteiger partial charge in [0.2, 0.25) is 5.91 Å². The molecule has 6 aromatic heterocycles. The Balaban J connectivity index is 0.000000147. The van der Waals surface area contributed by atoms with E-state index in [1.165, 1.54) is 24.0 Å². The molecule has 0 fully saturated rings. The number of carbonyl (C=O) groups is 5. The SMILES string of the molecule is CN1CCOc2ccc(S(=O)(=O)n3cc(C4=CCNCC4)c4ncccc43)cc21.O=C1CCc2ccc(S(=O)(=O)n3cc(C4=CCNCC4)c4ncccc43)cc2N1.O=C1COc2cc(S(=O)(=O)n3cc(C4=CCNCC4)c4ncccc43)ccc2N1.O=CO.O=CO.O=CO. The van der Waals surface area contributed by atoms with Gasteiger partial charge in [-0.2, -0.15) is 0 Å². The summed E-state index contributed by atoms with van der Waals surface area (Å²) in [5.74, 6) is 0.678. The molecule has 2 amide bonds. The lowest BCUT2D eigenvalue weighted by Gasteiger charge is -2.28. The predicted molar refractivity (Wildman–Crippen MR) is 359 cm³/mol. The van der Waals surface area contributed by atoms with Crippen LogP contribution in [0.5, 0.6) is 11.5 Å². The minimum atomic E-state index is -3.89. The van der Waals surface area contributed by atoms with Gasteiger partial charge in [0.05, 0.1) is 65.7 Å². The third-order valence-electron chi connectivity index (χ3n) is 16.1. The number of rotatable bonds is 9. The van der Waals surface area contributed by atoms with Crippen LogP contribution < -0.4 is 41.0 Å². The van der Waals surface area contributed by atoms with Gasteiger partial charge in [-0.25, -0.2) is 37.2 Å². The quantitative estimate of drug-likeness (QED) is 0.0757. The fourth-order valence-corrected chi connectivity index (χ4v) is 15.7. The molecule has 0 saturated heterocycles. The van der Waals surface area contributed by atoms with Crippen molar-refractivity contribution in [2.45, 2.75) is 46.8 Å². The van der Waals surface area contributed by atoms with Crippen molar-refractivity contribution in [2.75, 3.05) is 81.6 Å². The summed E-state index contributed by atoms with van der Waals surface area (Å²) in [6.07, 6.45) is 19.8. The Kier molecular flexibility index (Phi) is 21.5. The van der Waals surface area contributed by atoms with Crippen molar-refractivity contribution in [2.24, 2.45) is 0 Å². The number of aryl methyl sites for hydroxylation is 1. The van der Waals surface area contributed by atoms with Crippen LogP contribution >= 0.6 is 0 Å². The van der Waals surface area contributed by atoms with E-state index in [-0.39, 0.29) is 52.5 Å². The van der Waals surface area contributed by atoms with Crippen molar-refractivity contribution in [1.29, 1.82) is 0 Å². The zero-order chi connectivity index (χ0) is 68.2. The molecule has 96 heavy (non-hydrogen) atoms. The zero-order valence-corrected chi connectivity index (χ0v) is 53.9. The number of ether oxygens (including phenoxy) is 2. The van der Waals surface area contributed by atoms with Gasteiger partial charge in [0.15, 0.2) is 6.61 Å². The average molecular weight is 1370 g/mol. The Morgan fingerprint density at radius 1 is 0.490 bits per heavy atom. The van der Waals surface area contributed by atoms with Gasteiger partial charge in [-0.15, -0.1) is 0 Å². The van der Waals surface area contributed by atoms with Gasteiger partial charge in [0.25, 0.3) is 55.4 Å². The Hall–Kier alpha value is -10.6. The summed E-state index contributed by atoms with van der Waals surface area (Å²) >= 11 is 0. The summed E-state index contributed by atoms with van der Waals surface area (Å²) in [6.45, 7) is 5.26. The number of hydrogen-bond acceptors (Lipinski definition) is 20. The maximum atomic E-state index is 13.6. The monoisotopic (exact) mass is 1370 g/mol. The van der Waals surface area contributed by atoms with Gasteiger partial charge in [-0.3, -0.25) is 38.9 Å². The summed E-state index contributed by atoms with van der Waals surface area (Å²) < 4.78 is 96.0. The van der Waals surface area contributed by atoms with E-state index >= 15 is 0 Å². The number of nitrogens with zero attached hydrogens (tertiary/aromatic N) is 7. The lowest BCUT2D eigenvalue weighted by atomic mass is 10.0. The van der Waals surface area contributed by atoms with Gasteiger partial charge in [-0.05, 0) is 146 Å². The molecule has 12 heterocycles. The van der Waals surface area contributed by atoms with E-state index < -0.39 is 30.1 Å². The van der Waals surface area contributed by atoms with Gasteiger partial charge in [0, 0.05) is 98.7 Å². The van der Waals surface area contributed by atoms with Gasteiger partial charge >= 0.3 is 0 Å². The van der Waals surface area contributed by atoms with E-state index in [0.29, 0.717) is 75.4 Å². The molecule has 0 bridgehead atoms. The second-order valence-corrected chi connectivity index (χ2v) is 27.2. The number of aromatic nitrogens is 6. The molecule has 15 rings (SSSR count). The van der Waals surface area contributed by atoms with Crippen LogP contribution in [0.4, 0.5) is 17.1 Å². The Morgan fingerprint density at radius 3 is 1.38 bits per heavy atom. The van der Waals surface area contributed by atoms with Crippen LogP contribution in [0.2, 0.25) is 0 Å². The molecule has 31 heteroatoms. The van der Waals surface area contributed by atoms with Crippen LogP contribution in [0.1, 0.15) is 47.9 Å². The molecule has 0 aliphatic carbocycles. The summed E-state index contributed by atoms with van der Waals surface area (Å²) in [5.41, 5.74) is 12.3. The van der Waals surface area contributed by atoms with Crippen LogP contribution in [0.3, 0.4) is 0 Å². The maximum Gasteiger partial charge on any atom is 0.290 e. The third kappa shape index (κ3) is 14.5. The molecule has 28 nitrogen and oxygen atoms in total. The molecule has 0 atom stereocenters. The van der Waals surface area contributed by atoms with E-state index in [1.54, 1.807) is 116 Å². The van der Waals surface area contributed by atoms with Crippen molar-refractivity contribution >= 4 is 128 Å². The van der Waals surface area contributed by atoms with Gasteiger partial charge in [0.1, 0.15) is 18.1 Å². The lowest BCUT2D eigenvalue weighted by Crippen LogP contribution is -2.29. The smallest absolute Gasteiger partial charge is 0.290 e. The lowest BCUT2D eigenvalue weighted by molar-refractivity contribution is -0.123. The number of nitrogens with one attached hydrogen (secondary N) is 5. The molecule has 9 aromatic rings. The third-order valence-corrected chi connectivity index (χ3v) is 21.1. The van der Waals surface area contributed by atoms with E-state index in [2.05, 4.69) is 59.8 Å². The number of carboxylic acid groups (broad SMARTS) is 3. The number of amides is 2. The fraction of sp³-hybridized carbons (Fsp3) is 0.231. The topological polar surface area (TPSA) is 384 Å². The van der Waals surface area contributed by atoms with Crippen molar-refractivity contribution in [3.8, 4) is 11.5 Å². The fourth-order valence-electron chi connectivity index (χ4n) is 11.6. The second kappa shape index (κ2) is 30.2. The van der Waals surface area contributed by atoms with Crippen LogP contribution in [0, 0.1) is 0 Å². The first-order chi connectivity index (χ1) is 46.4. The molecule has 500 valence electrons. The Labute approximate surface area is 550 Å². The van der Waals surface area contributed by atoms with Crippen molar-refractivity contribution in [3.05, 3.63) is 169 Å². The summed E-state index contributed by atoms with van der Waals surface area (Å²) in [4.78, 5) is 64.1. The van der Waals surface area contributed by atoms with Crippen LogP contribution in [-0.4, -0.2) is 165 Å². The highest BCUT2D eigenvalue weighted by Crippen LogP contribution is 2.39. The zero-order valence-electron chi connectivity index (χ0n) is 51.5. The molecular formula is C65H66N12O16S3. The number of pyridine rings is 3. The number of carbonyl (C=O) groups excluding carboxylic acids is 2. The molecule has 0 unspecified atom stereocenters. The van der Waals surface area contributed by atoms with Gasteiger partial charge in [-0.1, -0.05) is 24.3 Å². The van der Waals surface area contributed by atoms with E-state index in [1.807, 2.05) is 11.9 Å². The minimum Gasteiger partial charge on any atom is -0.490 e. The number of anilines is 3. The largest absolute Gasteiger partial charge is 0.490 e. The minimum absolute atomic E-state index is 0.0824. The van der Waals surface area contributed by atoms with Gasteiger partial charge < -0.3 is 56.3 Å². The molecule has 8 N–H and O–H groups in total.